The van der Waals surface area contributed by atoms with E-state index in [-0.39, 0.29) is 18.1 Å². The summed E-state index contributed by atoms with van der Waals surface area (Å²) < 4.78 is 5.15. The second kappa shape index (κ2) is 6.98. The number of thiazole rings is 1. The van der Waals surface area contributed by atoms with Gasteiger partial charge in [0.2, 0.25) is 5.91 Å². The molecule has 1 heterocycles. The lowest BCUT2D eigenvalue weighted by molar-refractivity contribution is -0.134. The quantitative estimate of drug-likeness (QED) is 0.863. The summed E-state index contributed by atoms with van der Waals surface area (Å²) in [7, 11) is 3.38. The molecule has 0 bridgehead atoms. The maximum atomic E-state index is 12.2. The molecule has 0 spiro atoms. The van der Waals surface area contributed by atoms with Crippen LogP contribution in [0.2, 0.25) is 0 Å². The summed E-state index contributed by atoms with van der Waals surface area (Å²) in [5.41, 5.74) is 6.54. The summed E-state index contributed by atoms with van der Waals surface area (Å²) in [4.78, 5) is 19.5. The summed E-state index contributed by atoms with van der Waals surface area (Å²) in [5, 5.41) is 1.02. The molecule has 6 heteroatoms. The van der Waals surface area contributed by atoms with Gasteiger partial charge in [0.05, 0.1) is 29.3 Å². The minimum absolute atomic E-state index is 0.0222. The van der Waals surface area contributed by atoms with Crippen molar-refractivity contribution in [2.75, 3.05) is 20.7 Å². The molecule has 2 unspecified atom stereocenters. The largest absolute Gasteiger partial charge is 0.380 e. The third-order valence-electron chi connectivity index (χ3n) is 3.29. The van der Waals surface area contributed by atoms with E-state index in [0.29, 0.717) is 13.0 Å². The Bertz CT molecular complexity index is 430. The number of ether oxygens (including phenoxy) is 1. The average molecular weight is 285 g/mol. The highest BCUT2D eigenvalue weighted by Gasteiger charge is 2.23. The number of nitrogens with zero attached hydrogens (tertiary/aromatic N) is 2. The number of amides is 1. The lowest BCUT2D eigenvalue weighted by atomic mass is 10.1. The number of hydrogen-bond donors (Lipinski definition) is 1. The fraction of sp³-hybridized carbons (Fsp3) is 0.692. The lowest BCUT2D eigenvalue weighted by Crippen LogP contribution is -2.35. The SMILES string of the molecule is COC(CN)CC(=O)N(C)C(C)c1sc(C)nc1C. The monoisotopic (exact) mass is 285 g/mol. The van der Waals surface area contributed by atoms with E-state index in [1.165, 1.54) is 0 Å². The van der Waals surface area contributed by atoms with E-state index in [2.05, 4.69) is 4.98 Å². The van der Waals surface area contributed by atoms with Crippen molar-refractivity contribution >= 4 is 17.2 Å². The zero-order valence-corrected chi connectivity index (χ0v) is 13.1. The molecule has 2 atom stereocenters. The third kappa shape index (κ3) is 3.99. The van der Waals surface area contributed by atoms with Gasteiger partial charge in [-0.15, -0.1) is 11.3 Å². The number of methoxy groups -OCH3 is 1. The Morgan fingerprint density at radius 2 is 2.16 bits per heavy atom. The van der Waals surface area contributed by atoms with Gasteiger partial charge in [0.25, 0.3) is 0 Å². The van der Waals surface area contributed by atoms with Crippen molar-refractivity contribution < 1.29 is 9.53 Å². The molecule has 0 aromatic carbocycles. The van der Waals surface area contributed by atoms with E-state index >= 15 is 0 Å². The maximum Gasteiger partial charge on any atom is 0.225 e. The zero-order valence-electron chi connectivity index (χ0n) is 12.3. The van der Waals surface area contributed by atoms with E-state index in [0.717, 1.165) is 15.6 Å². The van der Waals surface area contributed by atoms with Gasteiger partial charge in [-0.05, 0) is 20.8 Å². The number of nitrogens with two attached hydrogens (primary N) is 1. The van der Waals surface area contributed by atoms with E-state index in [4.69, 9.17) is 10.5 Å². The fourth-order valence-corrected chi connectivity index (χ4v) is 2.95. The normalized spacial score (nSPS) is 14.2. The molecule has 0 fully saturated rings. The number of carbonyl (C=O) groups excluding carboxylic acids is 1. The van der Waals surface area contributed by atoms with Crippen LogP contribution >= 0.6 is 11.3 Å². The first-order valence-corrected chi connectivity index (χ1v) is 7.14. The Kier molecular flexibility index (Phi) is 5.90. The first-order chi connectivity index (χ1) is 8.90. The molecule has 0 aliphatic rings. The molecule has 108 valence electrons. The minimum atomic E-state index is -0.216. The van der Waals surface area contributed by atoms with Gasteiger partial charge < -0.3 is 15.4 Å². The molecule has 19 heavy (non-hydrogen) atoms. The molecular formula is C13H23N3O2S. The van der Waals surface area contributed by atoms with Crippen LogP contribution in [0.15, 0.2) is 0 Å². The topological polar surface area (TPSA) is 68.5 Å². The van der Waals surface area contributed by atoms with Crippen LogP contribution in [-0.4, -0.2) is 42.6 Å². The zero-order chi connectivity index (χ0) is 14.6. The Hall–Kier alpha value is -0.980. The van der Waals surface area contributed by atoms with E-state index in [1.54, 1.807) is 23.3 Å². The molecule has 2 N–H and O–H groups in total. The average Bonchev–Trinajstić information content (AvgIpc) is 2.72. The van der Waals surface area contributed by atoms with E-state index in [9.17, 15) is 4.79 Å². The van der Waals surface area contributed by atoms with Gasteiger partial charge in [0, 0.05) is 25.6 Å². The summed E-state index contributed by atoms with van der Waals surface area (Å²) in [6.07, 6.45) is 0.0939. The Balaban J connectivity index is 2.73. The highest BCUT2D eigenvalue weighted by atomic mass is 32.1. The fourth-order valence-electron chi connectivity index (χ4n) is 1.93. The minimum Gasteiger partial charge on any atom is -0.380 e. The van der Waals surface area contributed by atoms with E-state index in [1.807, 2.05) is 27.8 Å². The van der Waals surface area contributed by atoms with Crippen molar-refractivity contribution in [1.82, 2.24) is 9.88 Å². The predicted octanol–water partition coefficient (Wildman–Crippen LogP) is 1.64. The Morgan fingerprint density at radius 3 is 2.58 bits per heavy atom. The molecule has 1 rings (SSSR count). The highest BCUT2D eigenvalue weighted by Crippen LogP contribution is 2.28. The van der Waals surface area contributed by atoms with Crippen LogP contribution in [0, 0.1) is 13.8 Å². The molecular weight excluding hydrogens is 262 g/mol. The van der Waals surface area contributed by atoms with Crippen molar-refractivity contribution in [2.45, 2.75) is 39.3 Å². The second-order valence-electron chi connectivity index (χ2n) is 4.66. The van der Waals surface area contributed by atoms with Crippen LogP contribution < -0.4 is 5.73 Å². The van der Waals surface area contributed by atoms with Crippen molar-refractivity contribution in [3.63, 3.8) is 0 Å². The molecule has 0 saturated carbocycles. The maximum absolute atomic E-state index is 12.2. The van der Waals surface area contributed by atoms with Crippen LogP contribution in [0.25, 0.3) is 0 Å². The Morgan fingerprint density at radius 1 is 1.53 bits per heavy atom. The number of carbonyl (C=O) groups is 1. The second-order valence-corrected chi connectivity index (χ2v) is 5.90. The van der Waals surface area contributed by atoms with Gasteiger partial charge in [-0.3, -0.25) is 4.79 Å². The smallest absolute Gasteiger partial charge is 0.225 e. The van der Waals surface area contributed by atoms with Gasteiger partial charge in [-0.2, -0.15) is 0 Å². The molecule has 0 radical (unpaired) electrons. The molecule has 1 aromatic rings. The van der Waals surface area contributed by atoms with Crippen LogP contribution in [0.5, 0.6) is 0 Å². The van der Waals surface area contributed by atoms with Crippen LogP contribution in [0.4, 0.5) is 0 Å². The molecule has 0 saturated heterocycles. The first kappa shape index (κ1) is 16.1. The molecule has 1 aromatic heterocycles. The van der Waals surface area contributed by atoms with Crippen LogP contribution in [0.3, 0.4) is 0 Å². The number of rotatable bonds is 6. The van der Waals surface area contributed by atoms with Gasteiger partial charge in [-0.1, -0.05) is 0 Å². The number of aromatic nitrogens is 1. The van der Waals surface area contributed by atoms with Crippen molar-refractivity contribution in [3.05, 3.63) is 15.6 Å². The highest BCUT2D eigenvalue weighted by molar-refractivity contribution is 7.11. The van der Waals surface area contributed by atoms with Crippen molar-refractivity contribution in [1.29, 1.82) is 0 Å². The number of aryl methyl sites for hydroxylation is 2. The predicted molar refractivity (Wildman–Crippen MR) is 77.2 cm³/mol. The molecule has 0 aliphatic carbocycles. The Labute approximate surface area is 118 Å². The van der Waals surface area contributed by atoms with Gasteiger partial charge in [0.15, 0.2) is 0 Å². The molecule has 0 aliphatic heterocycles. The van der Waals surface area contributed by atoms with Gasteiger partial charge in [0.1, 0.15) is 0 Å². The standard InChI is InChI=1S/C13H23N3O2S/c1-8-13(19-10(3)15-8)9(2)16(4)12(17)6-11(7-14)18-5/h9,11H,6-7,14H2,1-5H3. The van der Waals surface area contributed by atoms with Gasteiger partial charge in [-0.25, -0.2) is 4.98 Å². The van der Waals surface area contributed by atoms with Crippen LogP contribution in [-0.2, 0) is 9.53 Å². The summed E-state index contributed by atoms with van der Waals surface area (Å²) in [6, 6.07) is 0.0222. The third-order valence-corrected chi connectivity index (χ3v) is 4.53. The first-order valence-electron chi connectivity index (χ1n) is 6.33. The van der Waals surface area contributed by atoms with Gasteiger partial charge >= 0.3 is 0 Å². The summed E-state index contributed by atoms with van der Waals surface area (Å²) in [5.74, 6) is 0.0373. The molecule has 1 amide bonds. The molecule has 5 nitrogen and oxygen atoms in total. The van der Waals surface area contributed by atoms with Crippen molar-refractivity contribution in [3.8, 4) is 0 Å². The van der Waals surface area contributed by atoms with Crippen LogP contribution in [0.1, 0.15) is 35.0 Å². The lowest BCUT2D eigenvalue weighted by Gasteiger charge is -2.26. The number of hydrogen-bond acceptors (Lipinski definition) is 5. The van der Waals surface area contributed by atoms with E-state index < -0.39 is 0 Å². The summed E-state index contributed by atoms with van der Waals surface area (Å²) >= 11 is 1.64. The van der Waals surface area contributed by atoms with Crippen molar-refractivity contribution in [2.24, 2.45) is 5.73 Å². The summed E-state index contributed by atoms with van der Waals surface area (Å²) in [6.45, 7) is 6.32.